The summed E-state index contributed by atoms with van der Waals surface area (Å²) in [6, 6.07) is 63.0. The first-order valence-corrected chi connectivity index (χ1v) is 19.1. The van der Waals surface area contributed by atoms with Gasteiger partial charge in [0.15, 0.2) is 0 Å². The molecule has 3 heterocycles. The van der Waals surface area contributed by atoms with Gasteiger partial charge in [-0.1, -0.05) is 140 Å². The van der Waals surface area contributed by atoms with E-state index in [1.807, 2.05) is 12.1 Å². The molecule has 3 aromatic heterocycles. The molecule has 0 aliphatic carbocycles. The van der Waals surface area contributed by atoms with Gasteiger partial charge in [-0.3, -0.25) is 4.57 Å². The van der Waals surface area contributed by atoms with E-state index < -0.39 is 0 Å². The van der Waals surface area contributed by atoms with Gasteiger partial charge in [-0.25, -0.2) is 9.97 Å². The molecule has 56 heavy (non-hydrogen) atoms. The number of benzene rings is 10. The highest BCUT2D eigenvalue weighted by atomic mass is 16.3. The Morgan fingerprint density at radius 1 is 0.375 bits per heavy atom. The van der Waals surface area contributed by atoms with Crippen LogP contribution in [0.3, 0.4) is 0 Å². The second-order valence-corrected chi connectivity index (χ2v) is 14.9. The van der Waals surface area contributed by atoms with Crippen LogP contribution in [0.15, 0.2) is 180 Å². The van der Waals surface area contributed by atoms with Crippen molar-refractivity contribution >= 4 is 109 Å². The molecule has 0 fully saturated rings. The monoisotopic (exact) mass is 711 g/mol. The third-order valence-electron chi connectivity index (χ3n) is 11.9. The summed E-state index contributed by atoms with van der Waals surface area (Å²) in [6.45, 7) is 0. The molecule has 13 rings (SSSR count). The van der Waals surface area contributed by atoms with Gasteiger partial charge in [-0.15, -0.1) is 0 Å². The Balaban J connectivity index is 1.23. The second-order valence-electron chi connectivity index (χ2n) is 14.9. The minimum atomic E-state index is 0.621. The van der Waals surface area contributed by atoms with Crippen LogP contribution in [0, 0.1) is 0 Å². The van der Waals surface area contributed by atoms with Crippen molar-refractivity contribution in [3.05, 3.63) is 176 Å². The molecule has 0 spiro atoms. The molecule has 4 heteroatoms. The zero-order valence-electron chi connectivity index (χ0n) is 30.0. The summed E-state index contributed by atoms with van der Waals surface area (Å²) in [4.78, 5) is 11.1. The number of nitrogens with zero attached hydrogens (tertiary/aromatic N) is 3. The molecule has 0 bridgehead atoms. The third kappa shape index (κ3) is 3.97. The molecule has 0 saturated heterocycles. The van der Waals surface area contributed by atoms with E-state index in [4.69, 9.17) is 14.4 Å². The number of hydrogen-bond acceptors (Lipinski definition) is 3. The van der Waals surface area contributed by atoms with Crippen LogP contribution in [0.1, 0.15) is 0 Å². The van der Waals surface area contributed by atoms with Crippen LogP contribution in [0.4, 0.5) is 0 Å². The highest BCUT2D eigenvalue weighted by Crippen LogP contribution is 2.45. The highest BCUT2D eigenvalue weighted by Gasteiger charge is 2.23. The summed E-state index contributed by atoms with van der Waals surface area (Å²) in [7, 11) is 0. The number of para-hydroxylation sites is 2. The molecule has 0 saturated carbocycles. The molecule has 258 valence electrons. The summed E-state index contributed by atoms with van der Waals surface area (Å²) >= 11 is 0. The number of aromatic nitrogens is 3. The van der Waals surface area contributed by atoms with Crippen LogP contribution >= 0.6 is 0 Å². The van der Waals surface area contributed by atoms with Crippen molar-refractivity contribution in [2.75, 3.05) is 0 Å². The smallest absolute Gasteiger partial charge is 0.235 e. The Morgan fingerprint density at radius 2 is 1.00 bits per heavy atom. The number of hydrogen-bond donors (Lipinski definition) is 0. The van der Waals surface area contributed by atoms with Crippen LogP contribution in [0.5, 0.6) is 0 Å². The number of rotatable bonds is 2. The first-order chi connectivity index (χ1) is 27.8. The molecule has 4 nitrogen and oxygen atoms in total. The first-order valence-electron chi connectivity index (χ1n) is 19.1. The Bertz CT molecular complexity index is 3800. The maximum Gasteiger partial charge on any atom is 0.235 e. The summed E-state index contributed by atoms with van der Waals surface area (Å²) < 4.78 is 8.96. The van der Waals surface area contributed by atoms with Crippen LogP contribution in [-0.4, -0.2) is 14.5 Å². The van der Waals surface area contributed by atoms with E-state index in [9.17, 15) is 0 Å². The van der Waals surface area contributed by atoms with Gasteiger partial charge >= 0.3 is 0 Å². The van der Waals surface area contributed by atoms with Gasteiger partial charge in [0.25, 0.3) is 0 Å². The number of furan rings is 1. The zero-order chi connectivity index (χ0) is 36.5. The van der Waals surface area contributed by atoms with Gasteiger partial charge in [0, 0.05) is 37.9 Å². The summed E-state index contributed by atoms with van der Waals surface area (Å²) in [5.41, 5.74) is 6.49. The van der Waals surface area contributed by atoms with Crippen molar-refractivity contribution in [3.63, 3.8) is 0 Å². The van der Waals surface area contributed by atoms with Crippen LogP contribution in [-0.2, 0) is 0 Å². The average Bonchev–Trinajstić information content (AvgIpc) is 3.80. The van der Waals surface area contributed by atoms with E-state index in [-0.39, 0.29) is 0 Å². The fourth-order valence-corrected chi connectivity index (χ4v) is 9.52. The van der Waals surface area contributed by atoms with E-state index in [1.165, 1.54) is 53.9 Å². The third-order valence-corrected chi connectivity index (χ3v) is 11.9. The predicted octanol–water partition coefficient (Wildman–Crippen LogP) is 14.1. The second kappa shape index (κ2) is 11.0. The summed E-state index contributed by atoms with van der Waals surface area (Å²) in [5.74, 6) is 0.621. The van der Waals surface area contributed by atoms with E-state index >= 15 is 0 Å². The van der Waals surface area contributed by atoms with Crippen molar-refractivity contribution < 1.29 is 4.42 Å². The lowest BCUT2D eigenvalue weighted by Gasteiger charge is -2.14. The highest BCUT2D eigenvalue weighted by molar-refractivity contribution is 6.36. The van der Waals surface area contributed by atoms with Crippen LogP contribution in [0.25, 0.3) is 126 Å². The predicted molar refractivity (Wildman–Crippen MR) is 234 cm³/mol. The van der Waals surface area contributed by atoms with Crippen molar-refractivity contribution in [3.8, 4) is 17.2 Å². The first kappa shape index (κ1) is 29.8. The topological polar surface area (TPSA) is 43.9 Å². The zero-order valence-corrected chi connectivity index (χ0v) is 30.0. The Kier molecular flexibility index (Phi) is 5.86. The molecular formula is C52H29N3O. The quantitative estimate of drug-likeness (QED) is 0.168. The van der Waals surface area contributed by atoms with Crippen molar-refractivity contribution in [2.24, 2.45) is 0 Å². The molecule has 0 unspecified atom stereocenters. The molecule has 0 N–H and O–H groups in total. The minimum absolute atomic E-state index is 0.621. The van der Waals surface area contributed by atoms with Gasteiger partial charge in [0.2, 0.25) is 5.95 Å². The van der Waals surface area contributed by atoms with E-state index in [0.717, 1.165) is 65.9 Å². The number of fused-ring (bicyclic) bond motifs is 17. The van der Waals surface area contributed by atoms with Gasteiger partial charge in [-0.05, 0) is 84.9 Å². The van der Waals surface area contributed by atoms with Gasteiger partial charge in [0.1, 0.15) is 11.2 Å². The molecule has 10 aromatic carbocycles. The van der Waals surface area contributed by atoms with Crippen LogP contribution in [0.2, 0.25) is 0 Å². The molecule has 0 amide bonds. The lowest BCUT2D eigenvalue weighted by atomic mass is 9.91. The van der Waals surface area contributed by atoms with Crippen molar-refractivity contribution in [2.45, 2.75) is 0 Å². The average molecular weight is 712 g/mol. The standard InChI is InChI=1S/C52H29N3O/c1-2-14-32-29-45-42(28-31(32)13-1)49-44(27-25-39-36-18-6-5-16-34(36)35-17-7-8-20-38(35)47(39)49)55(45)52-53-43-26-24-30-12-3-4-15-33(30)48(43)50(54-52)41-22-11-21-40-37-19-9-10-23-46(37)56-51(40)41/h1-29H. The van der Waals surface area contributed by atoms with Gasteiger partial charge in [-0.2, -0.15) is 0 Å². The molecule has 0 atom stereocenters. The molecule has 0 radical (unpaired) electrons. The van der Waals surface area contributed by atoms with Gasteiger partial charge < -0.3 is 4.42 Å². The lowest BCUT2D eigenvalue weighted by Crippen LogP contribution is -2.04. The van der Waals surface area contributed by atoms with E-state index in [0.29, 0.717) is 5.95 Å². The molecule has 0 aliphatic rings. The minimum Gasteiger partial charge on any atom is -0.455 e. The van der Waals surface area contributed by atoms with Crippen molar-refractivity contribution in [1.82, 2.24) is 14.5 Å². The summed E-state index contributed by atoms with van der Waals surface area (Å²) in [6.07, 6.45) is 0. The Morgan fingerprint density at radius 3 is 1.80 bits per heavy atom. The maximum atomic E-state index is 6.68. The molecule has 0 aliphatic heterocycles. The van der Waals surface area contributed by atoms with Gasteiger partial charge in [0.05, 0.1) is 22.2 Å². The van der Waals surface area contributed by atoms with E-state index in [1.54, 1.807) is 0 Å². The lowest BCUT2D eigenvalue weighted by molar-refractivity contribution is 0.670. The van der Waals surface area contributed by atoms with Crippen molar-refractivity contribution in [1.29, 1.82) is 0 Å². The normalized spacial score (nSPS) is 12.3. The molecule has 13 aromatic rings. The maximum absolute atomic E-state index is 6.68. The Hall–Kier alpha value is -7.56. The fourth-order valence-electron chi connectivity index (χ4n) is 9.52. The Labute approximate surface area is 319 Å². The molecular weight excluding hydrogens is 683 g/mol. The largest absolute Gasteiger partial charge is 0.455 e. The van der Waals surface area contributed by atoms with E-state index in [2.05, 4.69) is 168 Å². The fraction of sp³-hybridized carbons (Fsp3) is 0. The van der Waals surface area contributed by atoms with Crippen LogP contribution < -0.4 is 0 Å². The SMILES string of the molecule is c1ccc2cc3c(cc2c1)c1c2c4ccccc4c4ccccc4c2ccc1n3-c1nc(-c2cccc3c2oc2ccccc23)c2c(ccc3ccccc32)n1. The summed E-state index contributed by atoms with van der Waals surface area (Å²) in [5, 5.41) is 17.6.